The zero-order valence-electron chi connectivity index (χ0n) is 12.5. The molecule has 3 N–H and O–H groups in total. The summed E-state index contributed by atoms with van der Waals surface area (Å²) in [6, 6.07) is 8.82. The van der Waals surface area contributed by atoms with Gasteiger partial charge < -0.3 is 14.9 Å². The minimum absolute atomic E-state index is 0.238. The van der Waals surface area contributed by atoms with Crippen LogP contribution >= 0.6 is 23.2 Å². The molecule has 6 nitrogen and oxygen atoms in total. The molecule has 0 heterocycles. The molecule has 24 heavy (non-hydrogen) atoms. The van der Waals surface area contributed by atoms with Gasteiger partial charge in [-0.25, -0.2) is 5.43 Å². The molecule has 0 fully saturated rings. The molecular weight excluding hydrogens is 355 g/mol. The van der Waals surface area contributed by atoms with E-state index in [1.807, 2.05) is 0 Å². The summed E-state index contributed by atoms with van der Waals surface area (Å²) >= 11 is 11.8. The largest absolute Gasteiger partial charge is 0.504 e. The van der Waals surface area contributed by atoms with E-state index in [2.05, 4.69) is 10.5 Å². The maximum absolute atomic E-state index is 11.9. The summed E-state index contributed by atoms with van der Waals surface area (Å²) in [6.07, 6.45) is 0.480. The molecule has 1 amide bonds. The third-order valence-electron chi connectivity index (χ3n) is 2.95. The number of hydrogen-bond donors (Lipinski definition) is 3. The van der Waals surface area contributed by atoms with Gasteiger partial charge in [-0.05, 0) is 48.9 Å². The van der Waals surface area contributed by atoms with Crippen LogP contribution in [0.5, 0.6) is 17.2 Å². The number of rotatable bonds is 5. The number of hydrazone groups is 1. The predicted octanol–water partition coefficient (Wildman–Crippen LogP) is 3.32. The lowest BCUT2D eigenvalue weighted by Crippen LogP contribution is -2.33. The number of amides is 1. The molecule has 0 aliphatic carbocycles. The maximum Gasteiger partial charge on any atom is 0.280 e. The van der Waals surface area contributed by atoms with Crippen molar-refractivity contribution in [3.8, 4) is 17.2 Å². The highest BCUT2D eigenvalue weighted by molar-refractivity contribution is 6.35. The first kappa shape index (κ1) is 17.9. The smallest absolute Gasteiger partial charge is 0.280 e. The number of carbonyl (C=O) groups is 1. The van der Waals surface area contributed by atoms with Crippen LogP contribution in [-0.4, -0.2) is 28.4 Å². The first-order valence-corrected chi connectivity index (χ1v) is 7.59. The van der Waals surface area contributed by atoms with Gasteiger partial charge in [0.05, 0.1) is 11.2 Å². The molecule has 0 radical (unpaired) electrons. The Morgan fingerprint density at radius 1 is 1.21 bits per heavy atom. The normalized spacial score (nSPS) is 12.1. The van der Waals surface area contributed by atoms with Gasteiger partial charge >= 0.3 is 0 Å². The van der Waals surface area contributed by atoms with Crippen molar-refractivity contribution in [1.29, 1.82) is 0 Å². The number of phenolic OH excluding ortho intramolecular Hbond substituents is 2. The van der Waals surface area contributed by atoms with E-state index in [1.165, 1.54) is 30.5 Å². The van der Waals surface area contributed by atoms with Crippen LogP contribution in [0.2, 0.25) is 10.0 Å². The number of ether oxygens (including phenoxy) is 1. The standard InChI is InChI=1S/C16H14Cl2N2O4/c1-9(24-15-5-3-11(17)7-12(15)18)16(23)20-19-8-10-2-4-13(21)14(22)6-10/h2-9,21-22H,1H3,(H,20,23). The van der Waals surface area contributed by atoms with Crippen LogP contribution < -0.4 is 10.2 Å². The van der Waals surface area contributed by atoms with E-state index in [4.69, 9.17) is 27.9 Å². The SMILES string of the molecule is CC(Oc1ccc(Cl)cc1Cl)C(=O)NN=Cc1ccc(O)c(O)c1. The molecule has 1 unspecified atom stereocenters. The van der Waals surface area contributed by atoms with Gasteiger partial charge in [0.2, 0.25) is 0 Å². The van der Waals surface area contributed by atoms with E-state index in [9.17, 15) is 15.0 Å². The fraction of sp³-hybridized carbons (Fsp3) is 0.125. The Balaban J connectivity index is 1.93. The Bertz CT molecular complexity index is 781. The van der Waals surface area contributed by atoms with Crippen molar-refractivity contribution in [1.82, 2.24) is 5.43 Å². The van der Waals surface area contributed by atoms with Crippen molar-refractivity contribution < 1.29 is 19.7 Å². The fourth-order valence-corrected chi connectivity index (χ4v) is 2.15. The Labute approximate surface area is 148 Å². The van der Waals surface area contributed by atoms with Crippen LogP contribution in [0.3, 0.4) is 0 Å². The number of aromatic hydroxyl groups is 2. The van der Waals surface area contributed by atoms with Crippen molar-refractivity contribution >= 4 is 35.3 Å². The van der Waals surface area contributed by atoms with Crippen LogP contribution in [0, 0.1) is 0 Å². The number of nitrogens with zero attached hydrogens (tertiary/aromatic N) is 1. The first-order chi connectivity index (χ1) is 11.4. The molecule has 0 aliphatic rings. The molecule has 0 saturated heterocycles. The summed E-state index contributed by atoms with van der Waals surface area (Å²) in [4.78, 5) is 11.9. The lowest BCUT2D eigenvalue weighted by molar-refractivity contribution is -0.127. The zero-order valence-corrected chi connectivity index (χ0v) is 14.0. The molecule has 2 aromatic rings. The highest BCUT2D eigenvalue weighted by Gasteiger charge is 2.15. The average molecular weight is 369 g/mol. The Morgan fingerprint density at radius 3 is 2.62 bits per heavy atom. The van der Waals surface area contributed by atoms with E-state index in [1.54, 1.807) is 19.1 Å². The van der Waals surface area contributed by atoms with Crippen molar-refractivity contribution in [2.45, 2.75) is 13.0 Å². The molecule has 0 bridgehead atoms. The highest BCUT2D eigenvalue weighted by Crippen LogP contribution is 2.28. The van der Waals surface area contributed by atoms with E-state index >= 15 is 0 Å². The van der Waals surface area contributed by atoms with Crippen molar-refractivity contribution in [3.05, 3.63) is 52.0 Å². The van der Waals surface area contributed by atoms with E-state index < -0.39 is 12.0 Å². The number of halogens is 2. The van der Waals surface area contributed by atoms with Gasteiger partial charge in [-0.15, -0.1) is 0 Å². The maximum atomic E-state index is 11.9. The highest BCUT2D eigenvalue weighted by atomic mass is 35.5. The minimum Gasteiger partial charge on any atom is -0.504 e. The summed E-state index contributed by atoms with van der Waals surface area (Å²) in [5.41, 5.74) is 2.81. The van der Waals surface area contributed by atoms with Gasteiger partial charge in [0.1, 0.15) is 5.75 Å². The van der Waals surface area contributed by atoms with Gasteiger partial charge in [-0.3, -0.25) is 4.79 Å². The number of benzene rings is 2. The molecule has 0 aliphatic heterocycles. The van der Waals surface area contributed by atoms with Crippen LogP contribution in [0.4, 0.5) is 0 Å². The molecule has 1 atom stereocenters. The molecule has 2 rings (SSSR count). The summed E-state index contributed by atoms with van der Waals surface area (Å²) in [5.74, 6) is -0.672. The monoisotopic (exact) mass is 368 g/mol. The predicted molar refractivity (Wildman–Crippen MR) is 92.1 cm³/mol. The van der Waals surface area contributed by atoms with E-state index in [0.717, 1.165) is 0 Å². The molecule has 0 saturated carbocycles. The van der Waals surface area contributed by atoms with E-state index in [0.29, 0.717) is 21.4 Å². The second kappa shape index (κ2) is 7.90. The summed E-state index contributed by atoms with van der Waals surface area (Å²) in [6.45, 7) is 1.54. The molecule has 0 spiro atoms. The molecule has 0 aromatic heterocycles. The summed E-state index contributed by atoms with van der Waals surface area (Å²) in [7, 11) is 0. The Hall–Kier alpha value is -2.44. The third-order valence-corrected chi connectivity index (χ3v) is 3.49. The summed E-state index contributed by atoms with van der Waals surface area (Å²) < 4.78 is 5.45. The second-order valence-electron chi connectivity index (χ2n) is 4.82. The number of phenols is 2. The van der Waals surface area contributed by atoms with Crippen molar-refractivity contribution in [2.24, 2.45) is 5.10 Å². The van der Waals surface area contributed by atoms with Gasteiger partial charge in [0.25, 0.3) is 5.91 Å². The topological polar surface area (TPSA) is 91.2 Å². The van der Waals surface area contributed by atoms with Gasteiger partial charge in [-0.1, -0.05) is 23.2 Å². The van der Waals surface area contributed by atoms with Crippen molar-refractivity contribution in [3.63, 3.8) is 0 Å². The number of carbonyl (C=O) groups excluding carboxylic acids is 1. The van der Waals surface area contributed by atoms with E-state index in [-0.39, 0.29) is 11.5 Å². The first-order valence-electron chi connectivity index (χ1n) is 6.83. The van der Waals surface area contributed by atoms with Gasteiger partial charge in [0.15, 0.2) is 17.6 Å². The van der Waals surface area contributed by atoms with Gasteiger partial charge in [-0.2, -0.15) is 5.10 Å². The van der Waals surface area contributed by atoms with Crippen LogP contribution in [-0.2, 0) is 4.79 Å². The summed E-state index contributed by atoms with van der Waals surface area (Å²) in [5, 5.41) is 23.1. The molecule has 8 heteroatoms. The molecule has 2 aromatic carbocycles. The number of hydrogen-bond acceptors (Lipinski definition) is 5. The van der Waals surface area contributed by atoms with Crippen LogP contribution in [0.1, 0.15) is 12.5 Å². The lowest BCUT2D eigenvalue weighted by atomic mass is 10.2. The van der Waals surface area contributed by atoms with Crippen molar-refractivity contribution in [2.75, 3.05) is 0 Å². The zero-order chi connectivity index (χ0) is 17.7. The quantitative estimate of drug-likeness (QED) is 0.428. The third kappa shape index (κ3) is 4.78. The Kier molecular flexibility index (Phi) is 5.89. The lowest BCUT2D eigenvalue weighted by Gasteiger charge is -2.14. The average Bonchev–Trinajstić information content (AvgIpc) is 2.53. The molecular formula is C16H14Cl2N2O4. The fourth-order valence-electron chi connectivity index (χ4n) is 1.70. The minimum atomic E-state index is -0.839. The number of nitrogens with one attached hydrogen (secondary N) is 1. The van der Waals surface area contributed by atoms with Crippen LogP contribution in [0.25, 0.3) is 0 Å². The second-order valence-corrected chi connectivity index (χ2v) is 5.66. The molecule has 126 valence electrons. The Morgan fingerprint density at radius 2 is 1.96 bits per heavy atom. The van der Waals surface area contributed by atoms with Gasteiger partial charge in [0, 0.05) is 5.02 Å². The van der Waals surface area contributed by atoms with Crippen LogP contribution in [0.15, 0.2) is 41.5 Å².